The van der Waals surface area contributed by atoms with Crippen LogP contribution in [0.4, 0.5) is 0 Å². The Labute approximate surface area is 48.3 Å². The van der Waals surface area contributed by atoms with E-state index in [0.29, 0.717) is 5.76 Å². The van der Waals surface area contributed by atoms with Crippen LogP contribution in [-0.4, -0.2) is 0 Å². The predicted octanol–water partition coefficient (Wildman–Crippen LogP) is 1.45. The molecule has 1 heteroatoms. The molecule has 0 bridgehead atoms. The maximum Gasteiger partial charge on any atom is 0.177 e. The van der Waals surface area contributed by atoms with Gasteiger partial charge < -0.3 is 4.42 Å². The average molecular weight is 105 g/mol. The smallest absolute Gasteiger partial charge is 0.177 e. The summed E-state index contributed by atoms with van der Waals surface area (Å²) in [5.41, 5.74) is 0. The molecule has 0 atom stereocenters. The first-order valence-corrected chi connectivity index (χ1v) is 2.32. The van der Waals surface area contributed by atoms with Crippen molar-refractivity contribution < 1.29 is 4.42 Å². The summed E-state index contributed by atoms with van der Waals surface area (Å²) >= 11 is 0. The predicted molar refractivity (Wildman–Crippen MR) is 30.1 cm³/mol. The molecule has 0 saturated heterocycles. The Kier molecular flexibility index (Phi) is 1.39. The van der Waals surface area contributed by atoms with Crippen LogP contribution < -0.4 is 0 Å². The molecule has 0 spiro atoms. The largest absolute Gasteiger partial charge is 0.444 e. The molecule has 1 aromatic rings. The first kappa shape index (κ1) is 4.99. The molecule has 1 aromatic heterocycles. The van der Waals surface area contributed by atoms with Crippen LogP contribution in [-0.2, 0) is 0 Å². The van der Waals surface area contributed by atoms with Gasteiger partial charge in [0.2, 0.25) is 0 Å². The van der Waals surface area contributed by atoms with Gasteiger partial charge in [0, 0.05) is 0 Å². The molecule has 0 saturated carbocycles. The molecule has 0 fully saturated rings. The lowest BCUT2D eigenvalue weighted by atomic mass is 10.4. The summed E-state index contributed by atoms with van der Waals surface area (Å²) in [7, 11) is 0. The maximum absolute atomic E-state index is 4.78. The molecule has 0 aliphatic heterocycles. The highest BCUT2D eigenvalue weighted by atomic mass is 16.3. The second-order valence-electron chi connectivity index (χ2n) is 1.29. The van der Waals surface area contributed by atoms with Crippen LogP contribution in [0, 0.1) is 18.1 Å². The fraction of sp³-hybridized carbons (Fsp3) is 0.143. The van der Waals surface area contributed by atoms with Gasteiger partial charge in [-0.15, -0.1) is 0 Å². The van der Waals surface area contributed by atoms with Crippen molar-refractivity contribution in [3.8, 4) is 11.8 Å². The lowest BCUT2D eigenvalue weighted by Crippen LogP contribution is -1.58. The van der Waals surface area contributed by atoms with E-state index in [-0.39, 0.29) is 0 Å². The zero-order valence-corrected chi connectivity index (χ0v) is 4.56. The Morgan fingerprint density at radius 2 is 2.62 bits per heavy atom. The summed E-state index contributed by atoms with van der Waals surface area (Å²) in [6.45, 7) is 1.77. The van der Waals surface area contributed by atoms with Gasteiger partial charge in [-0.2, -0.15) is 0 Å². The van der Waals surface area contributed by atoms with Crippen LogP contribution in [0.15, 0.2) is 16.5 Å². The minimum Gasteiger partial charge on any atom is -0.444 e. The monoisotopic (exact) mass is 105 g/mol. The fourth-order valence-electron chi connectivity index (χ4n) is 0.432. The van der Waals surface area contributed by atoms with Gasteiger partial charge in [-0.1, -0.05) is 5.92 Å². The van der Waals surface area contributed by atoms with Gasteiger partial charge in [0.25, 0.3) is 0 Å². The van der Waals surface area contributed by atoms with Crippen molar-refractivity contribution in [2.24, 2.45) is 0 Å². The molecule has 0 N–H and O–H groups in total. The van der Waals surface area contributed by atoms with Crippen molar-refractivity contribution >= 4 is 0 Å². The number of hydrogen-bond donors (Lipinski definition) is 0. The molecule has 1 heterocycles. The van der Waals surface area contributed by atoms with Gasteiger partial charge in [0.1, 0.15) is 0 Å². The Bertz CT molecular complexity index is 198. The van der Waals surface area contributed by atoms with Crippen LogP contribution in [0.3, 0.4) is 0 Å². The van der Waals surface area contributed by atoms with Crippen molar-refractivity contribution in [2.45, 2.75) is 6.92 Å². The molecule has 0 amide bonds. The second-order valence-corrected chi connectivity index (χ2v) is 1.29. The molecule has 1 rings (SSSR count). The van der Waals surface area contributed by atoms with Crippen molar-refractivity contribution in [2.75, 3.05) is 0 Å². The average Bonchev–Trinajstić information content (AvgIpc) is 2.19. The van der Waals surface area contributed by atoms with E-state index in [9.17, 15) is 0 Å². The summed E-state index contributed by atoms with van der Waals surface area (Å²) < 4.78 is 4.78. The second kappa shape index (κ2) is 2.23. The molecule has 1 radical (unpaired) electrons. The van der Waals surface area contributed by atoms with Crippen molar-refractivity contribution in [1.82, 2.24) is 0 Å². The Morgan fingerprint density at radius 1 is 1.75 bits per heavy atom. The maximum atomic E-state index is 4.78. The van der Waals surface area contributed by atoms with E-state index in [1.807, 2.05) is 0 Å². The number of hydrogen-bond acceptors (Lipinski definition) is 1. The van der Waals surface area contributed by atoms with Crippen molar-refractivity contribution in [3.63, 3.8) is 0 Å². The number of furan rings is 1. The van der Waals surface area contributed by atoms with E-state index in [0.717, 1.165) is 0 Å². The summed E-state index contributed by atoms with van der Waals surface area (Å²) in [5.74, 6) is 6.12. The molecule has 0 unspecified atom stereocenters. The first-order valence-electron chi connectivity index (χ1n) is 2.32. The van der Waals surface area contributed by atoms with Crippen molar-refractivity contribution in [3.05, 3.63) is 24.2 Å². The van der Waals surface area contributed by atoms with E-state index in [2.05, 4.69) is 18.1 Å². The van der Waals surface area contributed by atoms with Crippen LogP contribution in [0.2, 0.25) is 0 Å². The van der Waals surface area contributed by atoms with Crippen molar-refractivity contribution in [1.29, 1.82) is 0 Å². The van der Waals surface area contributed by atoms with E-state index < -0.39 is 0 Å². The highest BCUT2D eigenvalue weighted by Gasteiger charge is 1.83. The Morgan fingerprint density at radius 3 is 3.12 bits per heavy atom. The number of rotatable bonds is 0. The van der Waals surface area contributed by atoms with Crippen LogP contribution >= 0.6 is 0 Å². The topological polar surface area (TPSA) is 13.1 Å². The highest BCUT2D eigenvalue weighted by molar-refractivity contribution is 5.22. The minimum absolute atomic E-state index is 0.674. The van der Waals surface area contributed by atoms with Gasteiger partial charge in [-0.25, -0.2) is 0 Å². The van der Waals surface area contributed by atoms with Crippen LogP contribution in [0.25, 0.3) is 0 Å². The third-order valence-electron chi connectivity index (χ3n) is 0.720. The summed E-state index contributed by atoms with van der Waals surface area (Å²) in [4.78, 5) is 0. The van der Waals surface area contributed by atoms with Crippen LogP contribution in [0.1, 0.15) is 12.7 Å². The first-order chi connectivity index (χ1) is 3.93. The summed E-state index contributed by atoms with van der Waals surface area (Å²) in [6, 6.07) is 3.47. The van der Waals surface area contributed by atoms with Gasteiger partial charge >= 0.3 is 0 Å². The summed E-state index contributed by atoms with van der Waals surface area (Å²) in [5, 5.41) is 0. The summed E-state index contributed by atoms with van der Waals surface area (Å²) in [6.07, 6.45) is 2.54. The molecule has 0 aliphatic rings. The SMILES string of the molecule is CC#Cc1cc[c]o1. The Balaban J connectivity index is 2.88. The lowest BCUT2D eigenvalue weighted by molar-refractivity contribution is 0.545. The van der Waals surface area contributed by atoms with E-state index >= 15 is 0 Å². The van der Waals surface area contributed by atoms with E-state index in [1.165, 1.54) is 0 Å². The molecule has 0 aromatic carbocycles. The van der Waals surface area contributed by atoms with Gasteiger partial charge in [-0.3, -0.25) is 0 Å². The zero-order valence-electron chi connectivity index (χ0n) is 4.56. The standard InChI is InChI=1S/C7H5O/c1-2-4-7-5-3-6-8-7/h3,5H,1H3. The van der Waals surface area contributed by atoms with Gasteiger partial charge in [0.15, 0.2) is 12.0 Å². The highest BCUT2D eigenvalue weighted by Crippen LogP contribution is 1.94. The molecule has 39 valence electrons. The minimum atomic E-state index is 0.674. The van der Waals surface area contributed by atoms with E-state index in [1.54, 1.807) is 19.1 Å². The molecule has 0 aliphatic carbocycles. The quantitative estimate of drug-likeness (QED) is 0.455. The molecule has 8 heavy (non-hydrogen) atoms. The van der Waals surface area contributed by atoms with Gasteiger partial charge in [-0.05, 0) is 25.0 Å². The third-order valence-corrected chi connectivity index (χ3v) is 0.720. The normalized spacial score (nSPS) is 7.62. The molecule has 1 nitrogen and oxygen atoms in total. The third kappa shape index (κ3) is 0.913. The Hall–Kier alpha value is -1.16. The molecular weight excluding hydrogens is 100 g/mol. The fourth-order valence-corrected chi connectivity index (χ4v) is 0.432. The lowest BCUT2D eigenvalue weighted by Gasteiger charge is -1.70. The van der Waals surface area contributed by atoms with Gasteiger partial charge in [0.05, 0.1) is 0 Å². The zero-order chi connectivity index (χ0) is 5.82. The van der Waals surface area contributed by atoms with E-state index in [4.69, 9.17) is 4.42 Å². The molecular formula is C7H5O. The van der Waals surface area contributed by atoms with Crippen LogP contribution in [0.5, 0.6) is 0 Å².